The average molecular weight is 300 g/mol. The van der Waals surface area contributed by atoms with Crippen molar-refractivity contribution in [2.45, 2.75) is 6.92 Å². The Hall–Kier alpha value is -0.980. The van der Waals surface area contributed by atoms with Crippen LogP contribution in [0.3, 0.4) is 0 Å². The standard InChI is InChI=1S/C9H11NO2.Cl2O2S/c1-2-12-9(11)10-8-6-4-3-5-7-8;1-5(2,3)4/h3-7H,2H2,1H3,(H,10,11);. The molecule has 0 aromatic heterocycles. The second kappa shape index (κ2) is 8.16. The summed E-state index contributed by atoms with van der Waals surface area (Å²) in [5.74, 6) is 0. The summed E-state index contributed by atoms with van der Waals surface area (Å²) < 4.78 is 23.0. The lowest BCUT2D eigenvalue weighted by Gasteiger charge is -2.03. The van der Waals surface area contributed by atoms with Crippen LogP contribution in [0.5, 0.6) is 0 Å². The van der Waals surface area contributed by atoms with Gasteiger partial charge in [0.25, 0.3) is 0 Å². The first-order valence-electron chi connectivity index (χ1n) is 4.46. The lowest BCUT2D eigenvalue weighted by atomic mass is 10.3. The van der Waals surface area contributed by atoms with Crippen LogP contribution in [0.4, 0.5) is 10.5 Å². The van der Waals surface area contributed by atoms with E-state index in [4.69, 9.17) is 13.2 Å². The Morgan fingerprint density at radius 1 is 1.29 bits per heavy atom. The summed E-state index contributed by atoms with van der Waals surface area (Å²) in [5, 5.41) is 2.58. The number of para-hydroxylation sites is 1. The molecule has 1 aromatic carbocycles. The second-order valence-electron chi connectivity index (χ2n) is 2.59. The Kier molecular flexibility index (Phi) is 7.69. The van der Waals surface area contributed by atoms with Gasteiger partial charge >= 0.3 is 14.4 Å². The Balaban J connectivity index is 0.000000437. The number of hydrogen-bond donors (Lipinski definition) is 1. The van der Waals surface area contributed by atoms with Gasteiger partial charge in [0.2, 0.25) is 0 Å². The van der Waals surface area contributed by atoms with Crippen molar-refractivity contribution in [3.63, 3.8) is 0 Å². The first-order chi connectivity index (χ1) is 7.83. The largest absolute Gasteiger partial charge is 0.450 e. The van der Waals surface area contributed by atoms with Gasteiger partial charge in [0.05, 0.1) is 6.61 Å². The highest BCUT2D eigenvalue weighted by Crippen LogP contribution is 2.04. The zero-order chi connectivity index (χ0) is 13.3. The lowest BCUT2D eigenvalue weighted by molar-refractivity contribution is 0.168. The maximum atomic E-state index is 10.9. The SMILES string of the molecule is CCOC(=O)Nc1ccccc1.O=S(=O)(Cl)Cl. The van der Waals surface area contributed by atoms with Gasteiger partial charge < -0.3 is 4.74 Å². The van der Waals surface area contributed by atoms with Crippen LogP contribution in [0.15, 0.2) is 30.3 Å². The quantitative estimate of drug-likeness (QED) is 0.852. The molecule has 5 nitrogen and oxygen atoms in total. The second-order valence-corrected chi connectivity index (χ2v) is 6.26. The first kappa shape index (κ1) is 16.0. The van der Waals surface area contributed by atoms with Gasteiger partial charge in [-0.15, -0.1) is 0 Å². The van der Waals surface area contributed by atoms with Crippen LogP contribution < -0.4 is 5.32 Å². The zero-order valence-electron chi connectivity index (χ0n) is 8.89. The minimum atomic E-state index is -3.72. The molecule has 0 aliphatic carbocycles. The highest BCUT2D eigenvalue weighted by Gasteiger charge is 1.98. The lowest BCUT2D eigenvalue weighted by Crippen LogP contribution is -2.12. The van der Waals surface area contributed by atoms with E-state index >= 15 is 0 Å². The fourth-order valence-electron chi connectivity index (χ4n) is 0.807. The third-order valence-corrected chi connectivity index (χ3v) is 1.30. The van der Waals surface area contributed by atoms with Crippen molar-refractivity contribution in [1.29, 1.82) is 0 Å². The van der Waals surface area contributed by atoms with E-state index in [2.05, 4.69) is 26.7 Å². The van der Waals surface area contributed by atoms with Crippen LogP contribution in [0, 0.1) is 0 Å². The summed E-state index contributed by atoms with van der Waals surface area (Å²) in [6, 6.07) is 9.19. The van der Waals surface area contributed by atoms with Crippen molar-refractivity contribution in [2.24, 2.45) is 0 Å². The Morgan fingerprint density at radius 3 is 2.18 bits per heavy atom. The Morgan fingerprint density at radius 2 is 1.76 bits per heavy atom. The van der Waals surface area contributed by atoms with Gasteiger partial charge in [-0.05, 0) is 19.1 Å². The molecule has 0 unspecified atom stereocenters. The van der Waals surface area contributed by atoms with Gasteiger partial charge in [0, 0.05) is 27.1 Å². The monoisotopic (exact) mass is 299 g/mol. The van der Waals surface area contributed by atoms with Crippen LogP contribution in [-0.4, -0.2) is 21.1 Å². The van der Waals surface area contributed by atoms with E-state index in [1.54, 1.807) is 19.1 Å². The third-order valence-electron chi connectivity index (χ3n) is 1.30. The van der Waals surface area contributed by atoms with Crippen molar-refractivity contribution >= 4 is 41.4 Å². The minimum absolute atomic E-state index is 0.388. The molecule has 0 saturated heterocycles. The van der Waals surface area contributed by atoms with E-state index < -0.39 is 14.4 Å². The molecule has 8 heteroatoms. The summed E-state index contributed by atoms with van der Waals surface area (Å²) in [6.45, 7) is 2.16. The molecule has 0 heterocycles. The first-order valence-corrected chi connectivity index (χ1v) is 7.59. The highest BCUT2D eigenvalue weighted by molar-refractivity contribution is 8.31. The van der Waals surface area contributed by atoms with E-state index in [0.717, 1.165) is 5.69 Å². The topological polar surface area (TPSA) is 72.5 Å². The predicted molar refractivity (Wildman–Crippen MR) is 67.7 cm³/mol. The Bertz CT molecular complexity index is 428. The summed E-state index contributed by atoms with van der Waals surface area (Å²) in [7, 11) is 4.81. The van der Waals surface area contributed by atoms with Crippen LogP contribution in [-0.2, 0) is 13.0 Å². The van der Waals surface area contributed by atoms with Crippen LogP contribution in [0.1, 0.15) is 6.92 Å². The number of carbonyl (C=O) groups is 1. The Labute approximate surface area is 109 Å². The maximum absolute atomic E-state index is 10.9. The van der Waals surface area contributed by atoms with Crippen molar-refractivity contribution in [2.75, 3.05) is 11.9 Å². The molecule has 17 heavy (non-hydrogen) atoms. The summed E-state index contributed by atoms with van der Waals surface area (Å²) in [5.41, 5.74) is 0.746. The molecule has 0 spiro atoms. The number of carbonyl (C=O) groups excluding carboxylic acids is 1. The number of hydrogen-bond acceptors (Lipinski definition) is 4. The van der Waals surface area contributed by atoms with E-state index in [1.165, 1.54) is 0 Å². The average Bonchev–Trinajstić information content (AvgIpc) is 2.16. The summed E-state index contributed by atoms with van der Waals surface area (Å²) in [4.78, 5) is 10.9. The molecule has 0 radical (unpaired) electrons. The third kappa shape index (κ3) is 13.0. The van der Waals surface area contributed by atoms with E-state index in [9.17, 15) is 4.79 Å². The molecule has 0 atom stereocenters. The number of ether oxygens (including phenoxy) is 1. The molecule has 0 fully saturated rings. The summed E-state index contributed by atoms with van der Waals surface area (Å²) >= 11 is 0. The normalized spacial score (nSPS) is 9.82. The fraction of sp³-hybridized carbons (Fsp3) is 0.222. The van der Waals surface area contributed by atoms with Gasteiger partial charge in [-0.1, -0.05) is 18.2 Å². The van der Waals surface area contributed by atoms with Crippen LogP contribution in [0.2, 0.25) is 0 Å². The fourth-order valence-corrected chi connectivity index (χ4v) is 0.807. The molecule has 0 aliphatic rings. The van der Waals surface area contributed by atoms with E-state index in [1.807, 2.05) is 18.2 Å². The number of halogens is 2. The number of nitrogens with one attached hydrogen (secondary N) is 1. The van der Waals surface area contributed by atoms with Gasteiger partial charge in [-0.25, -0.2) is 4.79 Å². The van der Waals surface area contributed by atoms with E-state index in [-0.39, 0.29) is 0 Å². The van der Waals surface area contributed by atoms with Crippen molar-refractivity contribution < 1.29 is 17.9 Å². The molecule has 0 bridgehead atoms. The van der Waals surface area contributed by atoms with Gasteiger partial charge in [-0.3, -0.25) is 5.32 Å². The molecule has 1 amide bonds. The molecular weight excluding hydrogens is 289 g/mol. The summed E-state index contributed by atoms with van der Waals surface area (Å²) in [6.07, 6.45) is -0.413. The zero-order valence-corrected chi connectivity index (χ0v) is 11.2. The van der Waals surface area contributed by atoms with E-state index in [0.29, 0.717) is 6.61 Å². The minimum Gasteiger partial charge on any atom is -0.450 e. The van der Waals surface area contributed by atoms with Gasteiger partial charge in [0.1, 0.15) is 0 Å². The van der Waals surface area contributed by atoms with Crippen LogP contribution in [0.25, 0.3) is 0 Å². The van der Waals surface area contributed by atoms with Crippen molar-refractivity contribution in [3.05, 3.63) is 30.3 Å². The molecule has 1 rings (SSSR count). The predicted octanol–water partition coefficient (Wildman–Crippen LogP) is 2.96. The molecule has 0 aliphatic heterocycles. The van der Waals surface area contributed by atoms with Crippen molar-refractivity contribution in [3.8, 4) is 0 Å². The van der Waals surface area contributed by atoms with Crippen molar-refractivity contribution in [1.82, 2.24) is 0 Å². The van der Waals surface area contributed by atoms with Gasteiger partial charge in [-0.2, -0.15) is 8.42 Å². The number of amides is 1. The molecule has 96 valence electrons. The van der Waals surface area contributed by atoms with Gasteiger partial charge in [0.15, 0.2) is 0 Å². The molecule has 0 saturated carbocycles. The molecule has 1 aromatic rings. The number of benzene rings is 1. The molecular formula is C9H11Cl2NO4S. The molecule has 1 N–H and O–H groups in total. The number of anilines is 1. The number of rotatable bonds is 2. The highest BCUT2D eigenvalue weighted by atomic mass is 36.0. The maximum Gasteiger partial charge on any atom is 0.411 e. The smallest absolute Gasteiger partial charge is 0.411 e. The van der Waals surface area contributed by atoms with Crippen LogP contribution >= 0.6 is 21.4 Å².